The number of para-hydroxylation sites is 3. The summed E-state index contributed by atoms with van der Waals surface area (Å²) in [6, 6.07) is 61.3. The maximum Gasteiger partial charge on any atom is 0.137 e. The van der Waals surface area contributed by atoms with Crippen molar-refractivity contribution >= 4 is 76.3 Å². The van der Waals surface area contributed by atoms with Crippen LogP contribution < -0.4 is 0 Å². The Morgan fingerprint density at radius 2 is 1.00 bits per heavy atom. The van der Waals surface area contributed by atoms with Crippen molar-refractivity contribution < 1.29 is 4.42 Å². The number of furan rings is 1. The summed E-state index contributed by atoms with van der Waals surface area (Å²) in [5, 5.41) is 9.72. The summed E-state index contributed by atoms with van der Waals surface area (Å²) in [7, 11) is 0. The summed E-state index contributed by atoms with van der Waals surface area (Å²) in [6.07, 6.45) is 0. The van der Waals surface area contributed by atoms with Gasteiger partial charge in [0.25, 0.3) is 0 Å². The summed E-state index contributed by atoms with van der Waals surface area (Å²) < 4.78 is 11.2. The van der Waals surface area contributed by atoms with Gasteiger partial charge in [-0.3, -0.25) is 0 Å². The van der Waals surface area contributed by atoms with Gasteiger partial charge in [-0.1, -0.05) is 97.1 Å². The minimum atomic E-state index is 0.905. The maximum absolute atomic E-state index is 6.36. The fraction of sp³-hybridized carbons (Fsp3) is 0. The number of fused-ring (bicyclic) bond motifs is 11. The quantitative estimate of drug-likeness (QED) is 0.192. The van der Waals surface area contributed by atoms with Crippen LogP contribution in [0, 0.1) is 0 Å². The largest absolute Gasteiger partial charge is 0.456 e. The van der Waals surface area contributed by atoms with Gasteiger partial charge in [-0.15, -0.1) is 0 Å². The molecule has 49 heavy (non-hydrogen) atoms. The van der Waals surface area contributed by atoms with Crippen LogP contribution in [0.5, 0.6) is 0 Å². The molecule has 0 N–H and O–H groups in total. The van der Waals surface area contributed by atoms with Gasteiger partial charge in [-0.25, -0.2) is 0 Å². The minimum absolute atomic E-state index is 0.905. The van der Waals surface area contributed by atoms with E-state index < -0.39 is 0 Å². The molecule has 3 heterocycles. The highest BCUT2D eigenvalue weighted by Gasteiger charge is 2.20. The molecule has 0 aliphatic heterocycles. The van der Waals surface area contributed by atoms with Crippen molar-refractivity contribution in [3.63, 3.8) is 0 Å². The van der Waals surface area contributed by atoms with E-state index in [0.29, 0.717) is 0 Å². The lowest BCUT2D eigenvalue weighted by molar-refractivity contribution is 0.669. The van der Waals surface area contributed by atoms with E-state index in [4.69, 9.17) is 4.42 Å². The Morgan fingerprint density at radius 1 is 0.347 bits per heavy atom. The molecule has 0 unspecified atom stereocenters. The second-order valence-corrected chi connectivity index (χ2v) is 13.0. The molecule has 3 nitrogen and oxygen atoms in total. The highest BCUT2D eigenvalue weighted by molar-refractivity contribution is 6.25. The van der Waals surface area contributed by atoms with Crippen molar-refractivity contribution in [3.8, 4) is 22.5 Å². The van der Waals surface area contributed by atoms with Crippen LogP contribution in [0.3, 0.4) is 0 Å². The van der Waals surface area contributed by atoms with E-state index in [1.54, 1.807) is 0 Å². The molecule has 0 aliphatic carbocycles. The highest BCUT2D eigenvalue weighted by Crippen LogP contribution is 2.42. The second-order valence-electron chi connectivity index (χ2n) is 13.0. The zero-order chi connectivity index (χ0) is 32.1. The van der Waals surface area contributed by atoms with E-state index in [1.807, 2.05) is 6.07 Å². The molecule has 11 aromatic rings. The number of aromatic nitrogens is 2. The van der Waals surface area contributed by atoms with Crippen LogP contribution in [0.2, 0.25) is 0 Å². The van der Waals surface area contributed by atoms with E-state index in [9.17, 15) is 0 Å². The molecule has 0 spiro atoms. The molecule has 0 atom stereocenters. The third kappa shape index (κ3) is 3.78. The highest BCUT2D eigenvalue weighted by atomic mass is 16.3. The molecule has 0 amide bonds. The normalized spacial score (nSPS) is 12.1. The van der Waals surface area contributed by atoms with E-state index >= 15 is 0 Å². The average molecular weight is 625 g/mol. The van der Waals surface area contributed by atoms with E-state index in [-0.39, 0.29) is 0 Å². The van der Waals surface area contributed by atoms with Crippen molar-refractivity contribution in [2.75, 3.05) is 0 Å². The first-order valence-electron chi connectivity index (χ1n) is 16.8. The Morgan fingerprint density at radius 3 is 1.84 bits per heavy atom. The van der Waals surface area contributed by atoms with Gasteiger partial charge in [0.1, 0.15) is 11.2 Å². The van der Waals surface area contributed by atoms with Gasteiger partial charge < -0.3 is 13.6 Å². The predicted molar refractivity (Wildman–Crippen MR) is 205 cm³/mol. The van der Waals surface area contributed by atoms with Crippen LogP contribution in [0.4, 0.5) is 0 Å². The van der Waals surface area contributed by atoms with Crippen LogP contribution >= 0.6 is 0 Å². The smallest absolute Gasteiger partial charge is 0.137 e. The third-order valence-electron chi connectivity index (χ3n) is 10.3. The van der Waals surface area contributed by atoms with Crippen LogP contribution in [0.25, 0.3) is 98.8 Å². The van der Waals surface area contributed by atoms with Gasteiger partial charge in [0.2, 0.25) is 0 Å². The van der Waals surface area contributed by atoms with Crippen molar-refractivity contribution in [2.45, 2.75) is 0 Å². The monoisotopic (exact) mass is 624 g/mol. The Bertz CT molecular complexity index is 3100. The van der Waals surface area contributed by atoms with Gasteiger partial charge in [0.15, 0.2) is 0 Å². The summed E-state index contributed by atoms with van der Waals surface area (Å²) in [4.78, 5) is 0. The molecule has 0 saturated carbocycles. The van der Waals surface area contributed by atoms with Gasteiger partial charge in [-0.05, 0) is 94.7 Å². The molecular formula is C46H28N2O. The van der Waals surface area contributed by atoms with Crippen molar-refractivity contribution in [1.82, 2.24) is 9.13 Å². The first kappa shape index (κ1) is 26.5. The molecule has 3 heteroatoms. The number of nitrogens with zero attached hydrogens (tertiary/aromatic N) is 2. The van der Waals surface area contributed by atoms with Gasteiger partial charge in [0, 0.05) is 38.3 Å². The molecule has 0 radical (unpaired) electrons. The minimum Gasteiger partial charge on any atom is -0.456 e. The van der Waals surface area contributed by atoms with E-state index in [0.717, 1.165) is 27.6 Å². The van der Waals surface area contributed by atoms with Crippen LogP contribution in [0.15, 0.2) is 174 Å². The SMILES string of the molecule is c1ccc(-n2c3ccc(-c4ccc5c(c4)c4ccccc4n5-c4ccc5ccccc5c4)cc3c3ccc4oc5ccccc5c4c32)cc1. The summed E-state index contributed by atoms with van der Waals surface area (Å²) >= 11 is 0. The molecule has 0 saturated heterocycles. The zero-order valence-electron chi connectivity index (χ0n) is 26.5. The number of benzene rings is 8. The molecule has 11 rings (SSSR count). The van der Waals surface area contributed by atoms with Gasteiger partial charge in [0.05, 0.1) is 27.5 Å². The van der Waals surface area contributed by atoms with Crippen LogP contribution in [-0.4, -0.2) is 9.13 Å². The lowest BCUT2D eigenvalue weighted by atomic mass is 10.00. The third-order valence-corrected chi connectivity index (χ3v) is 10.3. The average Bonchev–Trinajstić information content (AvgIpc) is 3.82. The molecule has 0 bridgehead atoms. The summed E-state index contributed by atoms with van der Waals surface area (Å²) in [5.41, 5.74) is 11.3. The van der Waals surface area contributed by atoms with Crippen LogP contribution in [-0.2, 0) is 0 Å². The Balaban J connectivity index is 1.16. The molecule has 0 aliphatic rings. The van der Waals surface area contributed by atoms with Gasteiger partial charge >= 0.3 is 0 Å². The van der Waals surface area contributed by atoms with Gasteiger partial charge in [-0.2, -0.15) is 0 Å². The van der Waals surface area contributed by atoms with Crippen molar-refractivity contribution in [3.05, 3.63) is 170 Å². The first-order valence-corrected chi connectivity index (χ1v) is 16.8. The zero-order valence-corrected chi connectivity index (χ0v) is 26.5. The van der Waals surface area contributed by atoms with E-state index in [1.165, 1.54) is 71.2 Å². The fourth-order valence-electron chi connectivity index (χ4n) is 8.09. The summed E-state index contributed by atoms with van der Waals surface area (Å²) in [5.74, 6) is 0. The predicted octanol–water partition coefficient (Wildman–Crippen LogP) is 12.6. The Kier molecular flexibility index (Phi) is 5.38. The molecule has 8 aromatic carbocycles. The molecular weight excluding hydrogens is 597 g/mol. The van der Waals surface area contributed by atoms with Crippen molar-refractivity contribution in [2.24, 2.45) is 0 Å². The molecule has 228 valence electrons. The standard InChI is InChI=1S/C46H28N2O/c1-2-12-33(13-3-1)48-42-24-20-32(28-39(42)36-22-25-44-45(46(36)48)37-15-7-9-17-43(37)49-44)31-19-23-41-38(27-31)35-14-6-8-16-40(35)47(41)34-21-18-29-10-4-5-11-30(29)26-34/h1-28H. The number of hydrogen-bond donors (Lipinski definition) is 0. The Hall–Kier alpha value is -6.58. The van der Waals surface area contributed by atoms with Crippen molar-refractivity contribution in [1.29, 1.82) is 0 Å². The second kappa shape index (κ2) is 9.96. The maximum atomic E-state index is 6.36. The number of rotatable bonds is 3. The van der Waals surface area contributed by atoms with Crippen LogP contribution in [0.1, 0.15) is 0 Å². The fourth-order valence-corrected chi connectivity index (χ4v) is 8.09. The summed E-state index contributed by atoms with van der Waals surface area (Å²) in [6.45, 7) is 0. The Labute approximate surface area is 281 Å². The topological polar surface area (TPSA) is 23.0 Å². The lowest BCUT2D eigenvalue weighted by Crippen LogP contribution is -1.94. The first-order chi connectivity index (χ1) is 24.3. The molecule has 0 fully saturated rings. The number of hydrogen-bond acceptors (Lipinski definition) is 1. The lowest BCUT2D eigenvalue weighted by Gasteiger charge is -2.10. The molecule has 3 aromatic heterocycles. The van der Waals surface area contributed by atoms with E-state index in [2.05, 4.69) is 173 Å².